The molecule has 0 atom stereocenters. The van der Waals surface area contributed by atoms with Crippen molar-refractivity contribution in [1.29, 1.82) is 0 Å². The molecule has 0 bridgehead atoms. The molecular formula is C22H22N2O6. The lowest BCUT2D eigenvalue weighted by Gasteiger charge is -2.16. The van der Waals surface area contributed by atoms with Gasteiger partial charge in [0.05, 0.1) is 21.3 Å². The molecule has 4 rings (SSSR count). The van der Waals surface area contributed by atoms with Crippen molar-refractivity contribution in [3.8, 4) is 51.0 Å². The molecule has 3 aromatic rings. The largest absolute Gasteiger partial charge is 0.497 e. The first-order valence-electron chi connectivity index (χ1n) is 9.25. The molecule has 8 heteroatoms. The third-order valence-electron chi connectivity index (χ3n) is 4.99. The van der Waals surface area contributed by atoms with E-state index in [0.29, 0.717) is 39.8 Å². The third-order valence-corrected chi connectivity index (χ3v) is 4.99. The van der Waals surface area contributed by atoms with E-state index in [9.17, 15) is 4.79 Å². The highest BCUT2D eigenvalue weighted by molar-refractivity contribution is 6.05. The summed E-state index contributed by atoms with van der Waals surface area (Å²) in [7, 11) is 6.29. The van der Waals surface area contributed by atoms with Crippen LogP contribution in [-0.4, -0.2) is 46.1 Å². The summed E-state index contributed by atoms with van der Waals surface area (Å²) in [4.78, 5) is 15.7. The van der Waals surface area contributed by atoms with Gasteiger partial charge in [0.15, 0.2) is 11.5 Å². The van der Waals surface area contributed by atoms with Crippen LogP contribution in [0.25, 0.3) is 22.3 Å². The van der Waals surface area contributed by atoms with Gasteiger partial charge < -0.3 is 34.0 Å². The summed E-state index contributed by atoms with van der Waals surface area (Å²) in [6, 6.07) is 9.37. The molecule has 0 saturated carbocycles. The van der Waals surface area contributed by atoms with E-state index in [0.717, 1.165) is 16.9 Å². The fraction of sp³-hybridized carbons (Fsp3) is 0.227. The highest BCUT2D eigenvalue weighted by Gasteiger charge is 2.31. The number of fused-ring (bicyclic) bond motifs is 1. The van der Waals surface area contributed by atoms with Crippen molar-refractivity contribution in [2.45, 2.75) is 0 Å². The van der Waals surface area contributed by atoms with E-state index in [2.05, 4.69) is 10.3 Å². The van der Waals surface area contributed by atoms with E-state index in [1.54, 1.807) is 40.6 Å². The van der Waals surface area contributed by atoms with E-state index in [1.807, 2.05) is 24.3 Å². The minimum atomic E-state index is -0.261. The summed E-state index contributed by atoms with van der Waals surface area (Å²) >= 11 is 0. The van der Waals surface area contributed by atoms with Crippen LogP contribution in [0.1, 0.15) is 10.5 Å². The maximum atomic E-state index is 12.7. The number of H-pyrrole nitrogens is 1. The quantitative estimate of drug-likeness (QED) is 0.647. The molecule has 0 spiro atoms. The lowest BCUT2D eigenvalue weighted by atomic mass is 9.95. The van der Waals surface area contributed by atoms with Gasteiger partial charge in [-0.05, 0) is 23.8 Å². The zero-order chi connectivity index (χ0) is 21.3. The second kappa shape index (κ2) is 7.90. The monoisotopic (exact) mass is 410 g/mol. The van der Waals surface area contributed by atoms with Gasteiger partial charge in [-0.3, -0.25) is 4.79 Å². The van der Waals surface area contributed by atoms with Crippen LogP contribution in [0.5, 0.6) is 28.7 Å². The zero-order valence-electron chi connectivity index (χ0n) is 17.1. The minimum Gasteiger partial charge on any atom is -0.497 e. The predicted molar refractivity (Wildman–Crippen MR) is 111 cm³/mol. The van der Waals surface area contributed by atoms with Crippen molar-refractivity contribution in [2.24, 2.45) is 0 Å². The highest BCUT2D eigenvalue weighted by atomic mass is 16.7. The standard InChI is InChI=1S/C22H22N2O6/c1-23-22(25)18-17(15(10-24-18)12-5-7-13(26-2)8-6-12)14-9-16(27-3)20-21(19(14)28-4)30-11-29-20/h5-10,24H,11H2,1-4H3,(H,23,25). The third kappa shape index (κ3) is 3.06. The number of hydrogen-bond acceptors (Lipinski definition) is 6. The molecule has 156 valence electrons. The first-order chi connectivity index (χ1) is 14.6. The molecule has 0 aliphatic carbocycles. The fourth-order valence-corrected chi connectivity index (χ4v) is 3.56. The molecule has 8 nitrogen and oxygen atoms in total. The number of rotatable bonds is 6. The van der Waals surface area contributed by atoms with Crippen LogP contribution in [0.4, 0.5) is 0 Å². The number of carbonyl (C=O) groups excluding carboxylic acids is 1. The van der Waals surface area contributed by atoms with E-state index in [-0.39, 0.29) is 12.7 Å². The first kappa shape index (κ1) is 19.5. The SMILES string of the molecule is CNC(=O)c1[nH]cc(-c2ccc(OC)cc2)c1-c1cc(OC)c2c(c1OC)OCO2. The molecule has 30 heavy (non-hydrogen) atoms. The van der Waals surface area contributed by atoms with Crippen LogP contribution in [0.3, 0.4) is 0 Å². The van der Waals surface area contributed by atoms with Crippen LogP contribution < -0.4 is 29.0 Å². The Kier molecular flexibility index (Phi) is 5.14. The molecule has 1 aromatic heterocycles. The number of carbonyl (C=O) groups is 1. The number of aromatic amines is 1. The normalized spacial score (nSPS) is 11.9. The molecule has 0 unspecified atom stereocenters. The zero-order valence-corrected chi connectivity index (χ0v) is 17.1. The average molecular weight is 410 g/mol. The molecule has 1 amide bonds. The van der Waals surface area contributed by atoms with Gasteiger partial charge in [0.2, 0.25) is 18.3 Å². The molecule has 0 radical (unpaired) electrons. The number of hydrogen-bond donors (Lipinski definition) is 2. The van der Waals surface area contributed by atoms with Crippen molar-refractivity contribution in [2.75, 3.05) is 35.2 Å². The first-order valence-corrected chi connectivity index (χ1v) is 9.25. The van der Waals surface area contributed by atoms with Gasteiger partial charge in [0.1, 0.15) is 11.4 Å². The molecule has 0 fully saturated rings. The lowest BCUT2D eigenvalue weighted by molar-refractivity contribution is 0.0959. The van der Waals surface area contributed by atoms with Crippen molar-refractivity contribution < 1.29 is 28.5 Å². The Morgan fingerprint density at radius 3 is 2.37 bits per heavy atom. The number of ether oxygens (including phenoxy) is 5. The summed E-state index contributed by atoms with van der Waals surface area (Å²) in [5.41, 5.74) is 3.41. The van der Waals surface area contributed by atoms with Crippen LogP contribution in [-0.2, 0) is 0 Å². The summed E-state index contributed by atoms with van der Waals surface area (Å²) < 4.78 is 27.6. The average Bonchev–Trinajstić information content (AvgIpc) is 3.45. The number of benzene rings is 2. The highest BCUT2D eigenvalue weighted by Crippen LogP contribution is 2.54. The molecule has 1 aliphatic heterocycles. The smallest absolute Gasteiger partial charge is 0.268 e. The summed E-state index contributed by atoms with van der Waals surface area (Å²) in [5, 5.41) is 2.67. The molecule has 1 aliphatic rings. The fourth-order valence-electron chi connectivity index (χ4n) is 3.56. The van der Waals surface area contributed by atoms with E-state index >= 15 is 0 Å². The Morgan fingerprint density at radius 2 is 1.73 bits per heavy atom. The van der Waals surface area contributed by atoms with Gasteiger partial charge in [0, 0.05) is 29.9 Å². The Balaban J connectivity index is 2.00. The second-order valence-electron chi connectivity index (χ2n) is 6.48. The van der Waals surface area contributed by atoms with Crippen LogP contribution >= 0.6 is 0 Å². The Hall–Kier alpha value is -3.81. The van der Waals surface area contributed by atoms with Crippen molar-refractivity contribution in [3.05, 3.63) is 42.2 Å². The second-order valence-corrected chi connectivity index (χ2v) is 6.48. The maximum absolute atomic E-state index is 12.7. The predicted octanol–water partition coefficient (Wildman–Crippen LogP) is 3.46. The van der Waals surface area contributed by atoms with Gasteiger partial charge >= 0.3 is 0 Å². The van der Waals surface area contributed by atoms with Gasteiger partial charge in [-0.1, -0.05) is 12.1 Å². The van der Waals surface area contributed by atoms with Crippen molar-refractivity contribution in [3.63, 3.8) is 0 Å². The van der Waals surface area contributed by atoms with Crippen LogP contribution in [0.15, 0.2) is 36.5 Å². The molecule has 0 saturated heterocycles. The topological polar surface area (TPSA) is 91.0 Å². The molecule has 2 heterocycles. The molecule has 2 N–H and O–H groups in total. The van der Waals surface area contributed by atoms with Gasteiger partial charge in [-0.2, -0.15) is 0 Å². The van der Waals surface area contributed by atoms with Crippen LogP contribution in [0, 0.1) is 0 Å². The Bertz CT molecular complexity index is 1090. The minimum absolute atomic E-state index is 0.0618. The van der Waals surface area contributed by atoms with Crippen molar-refractivity contribution >= 4 is 5.91 Å². The van der Waals surface area contributed by atoms with E-state index < -0.39 is 0 Å². The van der Waals surface area contributed by atoms with Gasteiger partial charge in [-0.25, -0.2) is 0 Å². The number of amides is 1. The Labute approximate surface area is 173 Å². The van der Waals surface area contributed by atoms with E-state index in [4.69, 9.17) is 23.7 Å². The summed E-state index contributed by atoms with van der Waals surface area (Å²) in [6.07, 6.45) is 1.79. The van der Waals surface area contributed by atoms with Crippen molar-refractivity contribution in [1.82, 2.24) is 10.3 Å². The maximum Gasteiger partial charge on any atom is 0.268 e. The number of nitrogens with one attached hydrogen (secondary N) is 2. The summed E-state index contributed by atoms with van der Waals surface area (Å²) in [6.45, 7) is 0.0618. The Morgan fingerprint density at radius 1 is 1.00 bits per heavy atom. The number of aromatic nitrogens is 1. The van der Waals surface area contributed by atoms with E-state index in [1.165, 1.54) is 0 Å². The van der Waals surface area contributed by atoms with Gasteiger partial charge in [0.25, 0.3) is 5.91 Å². The number of methoxy groups -OCH3 is 3. The van der Waals surface area contributed by atoms with Gasteiger partial charge in [-0.15, -0.1) is 0 Å². The molecule has 2 aromatic carbocycles. The van der Waals surface area contributed by atoms with Crippen LogP contribution in [0.2, 0.25) is 0 Å². The molecular weight excluding hydrogens is 388 g/mol. The summed E-state index contributed by atoms with van der Waals surface area (Å²) in [5.74, 6) is 2.34. The lowest BCUT2D eigenvalue weighted by Crippen LogP contribution is -2.19.